The molecule has 0 aromatic rings. The van der Waals surface area contributed by atoms with Crippen LogP contribution in [0.15, 0.2) is 0 Å². The minimum Gasteiger partial charge on any atom is -0.481 e. The number of carboxylic acids is 1. The standard InChI is InChI=1S/C5H9NO2S/c1-5(2,3(6)9)4(7)8/h1-2H3,(H2,6,9)(H,7,8). The summed E-state index contributed by atoms with van der Waals surface area (Å²) in [5.74, 6) is -0.991. The topological polar surface area (TPSA) is 63.3 Å². The van der Waals surface area contributed by atoms with Crippen LogP contribution in [0.3, 0.4) is 0 Å². The van der Waals surface area contributed by atoms with E-state index in [1.54, 1.807) is 0 Å². The molecule has 0 aromatic carbocycles. The average molecular weight is 147 g/mol. The fourth-order valence-electron chi connectivity index (χ4n) is 0.105. The Kier molecular flexibility index (Phi) is 2.14. The van der Waals surface area contributed by atoms with Crippen molar-refractivity contribution in [3.63, 3.8) is 0 Å². The summed E-state index contributed by atoms with van der Waals surface area (Å²) < 4.78 is 0. The Morgan fingerprint density at radius 3 is 2.00 bits per heavy atom. The third-order valence-corrected chi connectivity index (χ3v) is 1.66. The van der Waals surface area contributed by atoms with Crippen LogP contribution in [0.25, 0.3) is 0 Å². The first-order valence-electron chi connectivity index (χ1n) is 2.42. The summed E-state index contributed by atoms with van der Waals surface area (Å²) in [6, 6.07) is 0. The van der Waals surface area contributed by atoms with E-state index in [1.165, 1.54) is 13.8 Å². The second kappa shape index (κ2) is 2.31. The van der Waals surface area contributed by atoms with Gasteiger partial charge in [-0.1, -0.05) is 12.2 Å². The highest BCUT2D eigenvalue weighted by molar-refractivity contribution is 7.80. The number of hydrogen-bond acceptors (Lipinski definition) is 2. The highest BCUT2D eigenvalue weighted by Gasteiger charge is 2.30. The molecule has 0 heterocycles. The normalized spacial score (nSPS) is 10.9. The molecule has 4 heteroatoms. The highest BCUT2D eigenvalue weighted by atomic mass is 32.1. The molecule has 3 nitrogen and oxygen atoms in total. The van der Waals surface area contributed by atoms with Gasteiger partial charge in [0.15, 0.2) is 0 Å². The summed E-state index contributed by atoms with van der Waals surface area (Å²) in [5, 5.41) is 8.44. The van der Waals surface area contributed by atoms with Gasteiger partial charge in [-0.15, -0.1) is 0 Å². The zero-order valence-corrected chi connectivity index (χ0v) is 6.16. The van der Waals surface area contributed by atoms with Gasteiger partial charge in [0.05, 0.1) is 4.99 Å². The van der Waals surface area contributed by atoms with Crippen molar-refractivity contribution in [1.29, 1.82) is 0 Å². The molecule has 0 saturated carbocycles. The second-order valence-corrected chi connectivity index (χ2v) is 2.73. The third-order valence-electron chi connectivity index (χ3n) is 1.15. The Bertz CT molecular complexity index is 137. The van der Waals surface area contributed by atoms with E-state index >= 15 is 0 Å². The minimum absolute atomic E-state index is 0.00926. The Balaban J connectivity index is 4.38. The fourth-order valence-corrected chi connectivity index (χ4v) is 0.193. The van der Waals surface area contributed by atoms with Gasteiger partial charge in [0.2, 0.25) is 0 Å². The molecule has 0 aromatic heterocycles. The van der Waals surface area contributed by atoms with Gasteiger partial charge in [-0.25, -0.2) is 0 Å². The smallest absolute Gasteiger partial charge is 0.315 e. The van der Waals surface area contributed by atoms with Crippen molar-refractivity contribution in [3.8, 4) is 0 Å². The van der Waals surface area contributed by atoms with Crippen LogP contribution in [-0.2, 0) is 4.79 Å². The van der Waals surface area contributed by atoms with Crippen LogP contribution >= 0.6 is 12.2 Å². The van der Waals surface area contributed by atoms with E-state index in [9.17, 15) is 4.79 Å². The monoisotopic (exact) mass is 147 g/mol. The van der Waals surface area contributed by atoms with Gasteiger partial charge < -0.3 is 10.8 Å². The van der Waals surface area contributed by atoms with E-state index in [4.69, 9.17) is 10.8 Å². The molecule has 0 fully saturated rings. The highest BCUT2D eigenvalue weighted by Crippen LogP contribution is 2.14. The molecule has 9 heavy (non-hydrogen) atoms. The van der Waals surface area contributed by atoms with Crippen molar-refractivity contribution in [2.45, 2.75) is 13.8 Å². The zero-order chi connectivity index (χ0) is 7.65. The maximum Gasteiger partial charge on any atom is 0.315 e. The summed E-state index contributed by atoms with van der Waals surface area (Å²) in [6.07, 6.45) is 0. The van der Waals surface area contributed by atoms with Crippen LogP contribution < -0.4 is 5.73 Å². The zero-order valence-electron chi connectivity index (χ0n) is 5.34. The molecular formula is C5H9NO2S. The first-order chi connectivity index (χ1) is 3.89. The molecule has 0 aliphatic carbocycles. The maximum atomic E-state index is 10.3. The summed E-state index contributed by atoms with van der Waals surface area (Å²) in [5.41, 5.74) is 4.05. The number of thiocarbonyl (C=S) groups is 1. The molecular weight excluding hydrogens is 138 g/mol. The number of carboxylic acid groups (broad SMARTS) is 1. The molecule has 3 N–H and O–H groups in total. The SMILES string of the molecule is CC(C)(C(=O)O)C(N)=S. The van der Waals surface area contributed by atoms with Crippen LogP contribution in [0.1, 0.15) is 13.8 Å². The van der Waals surface area contributed by atoms with Gasteiger partial charge in [-0.05, 0) is 13.8 Å². The average Bonchev–Trinajstić information content (AvgIpc) is 1.65. The molecule has 0 unspecified atom stereocenters. The fraction of sp³-hybridized carbons (Fsp3) is 0.600. The number of carbonyl (C=O) groups is 1. The molecule has 0 radical (unpaired) electrons. The number of rotatable bonds is 2. The Morgan fingerprint density at radius 2 is 2.00 bits per heavy atom. The quantitative estimate of drug-likeness (QED) is 0.554. The molecule has 0 bridgehead atoms. The molecule has 0 spiro atoms. The molecule has 0 saturated heterocycles. The predicted molar refractivity (Wildman–Crippen MR) is 38.2 cm³/mol. The maximum absolute atomic E-state index is 10.3. The minimum atomic E-state index is -1.07. The lowest BCUT2D eigenvalue weighted by atomic mass is 9.94. The van der Waals surface area contributed by atoms with Crippen LogP contribution in [0.5, 0.6) is 0 Å². The summed E-state index contributed by atoms with van der Waals surface area (Å²) in [6.45, 7) is 2.94. The Morgan fingerprint density at radius 1 is 1.67 bits per heavy atom. The van der Waals surface area contributed by atoms with Crippen molar-refractivity contribution in [2.24, 2.45) is 11.1 Å². The van der Waals surface area contributed by atoms with Crippen LogP contribution in [-0.4, -0.2) is 16.1 Å². The number of hydrogen-bond donors (Lipinski definition) is 2. The Hall–Kier alpha value is -0.640. The van der Waals surface area contributed by atoms with E-state index < -0.39 is 11.4 Å². The van der Waals surface area contributed by atoms with Crippen LogP contribution in [0, 0.1) is 5.41 Å². The van der Waals surface area contributed by atoms with Crippen LogP contribution in [0.4, 0.5) is 0 Å². The first-order valence-corrected chi connectivity index (χ1v) is 2.83. The molecule has 0 atom stereocenters. The largest absolute Gasteiger partial charge is 0.481 e. The van der Waals surface area contributed by atoms with E-state index in [1.807, 2.05) is 0 Å². The van der Waals surface area contributed by atoms with Gasteiger partial charge in [0.1, 0.15) is 5.41 Å². The Labute approximate surface area is 58.9 Å². The van der Waals surface area contributed by atoms with Crippen LogP contribution in [0.2, 0.25) is 0 Å². The summed E-state index contributed by atoms with van der Waals surface area (Å²) in [4.78, 5) is 10.3. The van der Waals surface area contributed by atoms with Crippen molar-refractivity contribution in [3.05, 3.63) is 0 Å². The molecule has 52 valence electrons. The lowest BCUT2D eigenvalue weighted by Gasteiger charge is -2.15. The number of aliphatic carboxylic acids is 1. The van der Waals surface area contributed by atoms with E-state index in [0.29, 0.717) is 0 Å². The molecule has 0 amide bonds. The molecule has 0 rings (SSSR count). The lowest BCUT2D eigenvalue weighted by molar-refractivity contribution is -0.143. The van der Waals surface area contributed by atoms with Crippen molar-refractivity contribution in [1.82, 2.24) is 0 Å². The lowest BCUT2D eigenvalue weighted by Crippen LogP contribution is -2.37. The van der Waals surface area contributed by atoms with E-state index in [-0.39, 0.29) is 4.99 Å². The summed E-state index contributed by atoms with van der Waals surface area (Å²) >= 11 is 4.50. The van der Waals surface area contributed by atoms with E-state index in [2.05, 4.69) is 12.2 Å². The third kappa shape index (κ3) is 1.64. The predicted octanol–water partition coefficient (Wildman–Crippen LogP) is 0.383. The van der Waals surface area contributed by atoms with Crippen molar-refractivity contribution < 1.29 is 9.90 Å². The first kappa shape index (κ1) is 8.36. The number of nitrogens with two attached hydrogens (primary N) is 1. The van der Waals surface area contributed by atoms with E-state index in [0.717, 1.165) is 0 Å². The molecule has 0 aliphatic rings. The van der Waals surface area contributed by atoms with Gasteiger partial charge in [0, 0.05) is 0 Å². The second-order valence-electron chi connectivity index (χ2n) is 2.29. The van der Waals surface area contributed by atoms with Gasteiger partial charge in [-0.2, -0.15) is 0 Å². The summed E-state index contributed by atoms with van der Waals surface area (Å²) in [7, 11) is 0. The van der Waals surface area contributed by atoms with Crippen molar-refractivity contribution >= 4 is 23.2 Å². The van der Waals surface area contributed by atoms with Gasteiger partial charge >= 0.3 is 5.97 Å². The van der Waals surface area contributed by atoms with Gasteiger partial charge in [0.25, 0.3) is 0 Å². The van der Waals surface area contributed by atoms with Gasteiger partial charge in [-0.3, -0.25) is 4.79 Å². The van der Waals surface area contributed by atoms with Crippen molar-refractivity contribution in [2.75, 3.05) is 0 Å². The molecule has 0 aliphatic heterocycles.